The quantitative estimate of drug-likeness (QED) is 0.514. The Kier molecular flexibility index (Phi) is 7.09. The van der Waals surface area contributed by atoms with Gasteiger partial charge in [0.15, 0.2) is 0 Å². The fourth-order valence-corrected chi connectivity index (χ4v) is 4.55. The summed E-state index contributed by atoms with van der Waals surface area (Å²) in [7, 11) is 11.3. The molecule has 2 heterocycles. The summed E-state index contributed by atoms with van der Waals surface area (Å²) in [6.07, 6.45) is 3.72. The highest BCUT2D eigenvalue weighted by Gasteiger charge is 2.42. The van der Waals surface area contributed by atoms with Crippen LogP contribution in [0.25, 0.3) is 0 Å². The van der Waals surface area contributed by atoms with Crippen molar-refractivity contribution in [3.8, 4) is 0 Å². The molecular weight excluding hydrogens is 325 g/mol. The Morgan fingerprint density at radius 1 is 0.958 bits per heavy atom. The van der Waals surface area contributed by atoms with Crippen LogP contribution in [-0.2, 0) is 23.3 Å². The third-order valence-electron chi connectivity index (χ3n) is 5.19. The minimum Gasteiger partial charge on any atom is -0.382 e. The molecule has 0 amide bonds. The zero-order valence-corrected chi connectivity index (χ0v) is 16.3. The van der Waals surface area contributed by atoms with Crippen molar-refractivity contribution in [3.63, 3.8) is 0 Å². The number of ether oxygens (including phenoxy) is 3. The molecule has 0 aromatic rings. The van der Waals surface area contributed by atoms with E-state index in [1.165, 1.54) is 0 Å². The van der Waals surface area contributed by atoms with Gasteiger partial charge in [-0.05, 0) is 11.8 Å². The summed E-state index contributed by atoms with van der Waals surface area (Å²) in [5.41, 5.74) is 0. The van der Waals surface area contributed by atoms with E-state index in [0.29, 0.717) is 25.0 Å². The zero-order valence-electron chi connectivity index (χ0n) is 15.4. The van der Waals surface area contributed by atoms with Gasteiger partial charge in [0.2, 0.25) is 0 Å². The Morgan fingerprint density at radius 2 is 1.54 bits per heavy atom. The lowest BCUT2D eigenvalue weighted by Crippen LogP contribution is -2.32. The first-order chi connectivity index (χ1) is 11.2. The second-order valence-corrected chi connectivity index (χ2v) is 9.69. The van der Waals surface area contributed by atoms with Crippen molar-refractivity contribution < 1.29 is 23.3 Å². The van der Waals surface area contributed by atoms with Gasteiger partial charge in [0.05, 0.1) is 25.4 Å². The molecule has 9 unspecified atom stereocenters. The van der Waals surface area contributed by atoms with Gasteiger partial charge in [-0.3, -0.25) is 0 Å². The summed E-state index contributed by atoms with van der Waals surface area (Å²) in [6.45, 7) is 8.99. The van der Waals surface area contributed by atoms with Gasteiger partial charge in [0, 0.05) is 31.7 Å². The van der Waals surface area contributed by atoms with Crippen LogP contribution >= 0.6 is 7.34 Å². The molecule has 134 valence electrons. The molecule has 0 aromatic heterocycles. The molecule has 2 aliphatic heterocycles. The number of methoxy groups -OCH3 is 1. The summed E-state index contributed by atoms with van der Waals surface area (Å²) in [5.74, 6) is 0.689. The maximum Gasteiger partial charge on any atom is 0.115 e. The fraction of sp³-hybridized carbons (Fsp3) is 0.938. The summed E-state index contributed by atoms with van der Waals surface area (Å²) < 4.78 is 28.9. The van der Waals surface area contributed by atoms with Crippen LogP contribution in [0.4, 0.5) is 0 Å². The topological polar surface area (TPSA) is 46.2 Å². The minimum absolute atomic E-state index is 0.0334. The monoisotopic (exact) mass is 354 g/mol. The maximum absolute atomic E-state index is 6.20. The molecule has 8 heteroatoms. The standard InChI is InChI=1S/C16H29B2O5P/c1-9-10(2)15(17)21-12(9)8-20-24(5,6)23-14-11(3)16(18)22-13(14)7-19-4/h9-16H,5,7-8H2,1-4,6H3. The lowest BCUT2D eigenvalue weighted by Gasteiger charge is -2.30. The molecule has 2 fully saturated rings. The van der Waals surface area contributed by atoms with E-state index in [-0.39, 0.29) is 36.2 Å². The fourth-order valence-electron chi connectivity index (χ4n) is 3.19. The maximum atomic E-state index is 6.20. The Balaban J connectivity index is 1.92. The van der Waals surface area contributed by atoms with Crippen LogP contribution in [-0.4, -0.2) is 79.3 Å². The molecule has 0 saturated carbocycles. The highest BCUT2D eigenvalue weighted by Crippen LogP contribution is 2.49. The van der Waals surface area contributed by atoms with Crippen LogP contribution in [0.1, 0.15) is 20.8 Å². The minimum atomic E-state index is -2.30. The van der Waals surface area contributed by atoms with Gasteiger partial charge >= 0.3 is 0 Å². The van der Waals surface area contributed by atoms with Crippen LogP contribution in [0.15, 0.2) is 0 Å². The van der Waals surface area contributed by atoms with Crippen LogP contribution in [0, 0.1) is 17.8 Å². The van der Waals surface area contributed by atoms with E-state index in [4.69, 9.17) is 39.0 Å². The first-order valence-electron chi connectivity index (χ1n) is 8.51. The Morgan fingerprint density at radius 3 is 2.08 bits per heavy atom. The highest BCUT2D eigenvalue weighted by molar-refractivity contribution is 7.63. The molecule has 24 heavy (non-hydrogen) atoms. The van der Waals surface area contributed by atoms with Crippen molar-refractivity contribution in [2.45, 2.75) is 51.1 Å². The molecule has 0 aromatic carbocycles. The lowest BCUT2D eigenvalue weighted by atomic mass is 9.82. The first-order valence-corrected chi connectivity index (χ1v) is 10.8. The third kappa shape index (κ3) is 4.69. The average molecular weight is 354 g/mol. The Labute approximate surface area is 149 Å². The van der Waals surface area contributed by atoms with Gasteiger partial charge in [-0.1, -0.05) is 27.1 Å². The summed E-state index contributed by atoms with van der Waals surface area (Å²) in [6, 6.07) is -0.608. The molecule has 4 radical (unpaired) electrons. The van der Waals surface area contributed by atoms with E-state index in [9.17, 15) is 0 Å². The van der Waals surface area contributed by atoms with Gasteiger partial charge < -0.3 is 23.3 Å². The smallest absolute Gasteiger partial charge is 0.115 e. The van der Waals surface area contributed by atoms with E-state index in [1.807, 2.05) is 13.6 Å². The third-order valence-corrected chi connectivity index (χ3v) is 6.57. The van der Waals surface area contributed by atoms with Crippen LogP contribution in [0.5, 0.6) is 0 Å². The normalized spacial score (nSPS) is 45.4. The van der Waals surface area contributed by atoms with E-state index in [0.717, 1.165) is 0 Å². The Bertz CT molecular complexity index is 466. The molecule has 9 atom stereocenters. The molecule has 0 aliphatic carbocycles. The van der Waals surface area contributed by atoms with Crippen molar-refractivity contribution in [2.24, 2.45) is 17.8 Å². The number of rotatable bonds is 7. The molecule has 0 N–H and O–H groups in total. The van der Waals surface area contributed by atoms with Gasteiger partial charge in [0.25, 0.3) is 0 Å². The average Bonchev–Trinajstić information content (AvgIpc) is 2.91. The van der Waals surface area contributed by atoms with Crippen molar-refractivity contribution in [3.05, 3.63) is 0 Å². The molecule has 2 rings (SSSR count). The second kappa shape index (κ2) is 8.28. The van der Waals surface area contributed by atoms with Gasteiger partial charge in [-0.25, -0.2) is 0 Å². The molecule has 5 nitrogen and oxygen atoms in total. The number of hydrogen-bond acceptors (Lipinski definition) is 5. The van der Waals surface area contributed by atoms with Crippen LogP contribution in [0.2, 0.25) is 0 Å². The molecule has 2 aliphatic rings. The van der Waals surface area contributed by atoms with Gasteiger partial charge in [-0.2, -0.15) is 0 Å². The molecule has 2 saturated heterocycles. The summed E-state index contributed by atoms with van der Waals surface area (Å²) in [5, 5.41) is 0. The zero-order chi connectivity index (χ0) is 18.1. The van der Waals surface area contributed by atoms with E-state index in [2.05, 4.69) is 20.1 Å². The second-order valence-electron chi connectivity index (χ2n) is 7.19. The molecule has 0 bridgehead atoms. The van der Waals surface area contributed by atoms with Crippen molar-refractivity contribution in [1.82, 2.24) is 0 Å². The first kappa shape index (κ1) is 20.5. The molecule has 0 spiro atoms. The predicted octanol–water partition coefficient (Wildman–Crippen LogP) is 1.64. The lowest BCUT2D eigenvalue weighted by molar-refractivity contribution is -0.0143. The van der Waals surface area contributed by atoms with Crippen LogP contribution in [0.3, 0.4) is 0 Å². The van der Waals surface area contributed by atoms with Crippen molar-refractivity contribution >= 4 is 29.3 Å². The van der Waals surface area contributed by atoms with E-state index >= 15 is 0 Å². The summed E-state index contributed by atoms with van der Waals surface area (Å²) in [4.78, 5) is 0. The summed E-state index contributed by atoms with van der Waals surface area (Å²) >= 11 is 0. The van der Waals surface area contributed by atoms with Gasteiger partial charge in [-0.15, -0.1) is 0 Å². The van der Waals surface area contributed by atoms with Crippen LogP contribution < -0.4 is 0 Å². The Hall–Kier alpha value is 0.230. The number of hydrogen-bond donors (Lipinski definition) is 0. The SMILES string of the molecule is [B]C1OC(COP(=C)(C)OC2C(COC)OC([B])C2C)C(C)C1C. The van der Waals surface area contributed by atoms with Crippen molar-refractivity contribution in [1.29, 1.82) is 0 Å². The molecular formula is C16H29B2O5P. The largest absolute Gasteiger partial charge is 0.382 e. The van der Waals surface area contributed by atoms with E-state index < -0.39 is 7.34 Å². The van der Waals surface area contributed by atoms with E-state index in [1.54, 1.807) is 7.11 Å². The van der Waals surface area contributed by atoms with Crippen molar-refractivity contribution in [2.75, 3.05) is 27.0 Å². The highest BCUT2D eigenvalue weighted by atomic mass is 31.2. The predicted molar refractivity (Wildman–Crippen MR) is 99.0 cm³/mol. The van der Waals surface area contributed by atoms with Gasteiger partial charge in [0.1, 0.15) is 29.1 Å².